The van der Waals surface area contributed by atoms with Crippen LogP contribution in [0.25, 0.3) is 0 Å². The van der Waals surface area contributed by atoms with Gasteiger partial charge in [0.05, 0.1) is 18.4 Å². The van der Waals surface area contributed by atoms with E-state index >= 15 is 0 Å². The van der Waals surface area contributed by atoms with Crippen molar-refractivity contribution in [3.63, 3.8) is 0 Å². The molecule has 1 heterocycles. The lowest BCUT2D eigenvalue weighted by Gasteiger charge is -2.09. The number of nitrogens with zero attached hydrogens (tertiary/aromatic N) is 2. The second-order valence-corrected chi connectivity index (χ2v) is 4.38. The Morgan fingerprint density at radius 3 is 2.94 bits per heavy atom. The number of para-hydroxylation sites is 1. The van der Waals surface area contributed by atoms with E-state index in [-0.39, 0.29) is 0 Å². The van der Waals surface area contributed by atoms with Crippen molar-refractivity contribution in [2.75, 3.05) is 18.6 Å². The fourth-order valence-electron chi connectivity index (χ4n) is 1.49. The van der Waals surface area contributed by atoms with Crippen LogP contribution in [0.2, 0.25) is 0 Å². The zero-order valence-corrected chi connectivity index (χ0v) is 10.5. The summed E-state index contributed by atoms with van der Waals surface area (Å²) in [4.78, 5) is 1.15. The van der Waals surface area contributed by atoms with E-state index in [9.17, 15) is 0 Å². The average molecular weight is 249 g/mol. The molecule has 90 valence electrons. The highest BCUT2D eigenvalue weighted by Crippen LogP contribution is 2.26. The van der Waals surface area contributed by atoms with Crippen LogP contribution < -0.4 is 10.5 Å². The van der Waals surface area contributed by atoms with E-state index in [1.165, 1.54) is 0 Å². The summed E-state index contributed by atoms with van der Waals surface area (Å²) < 4.78 is 7.49. The van der Waals surface area contributed by atoms with Gasteiger partial charge in [-0.3, -0.25) is 4.68 Å². The first-order chi connectivity index (χ1) is 8.29. The normalized spacial score (nSPS) is 10.4. The number of anilines is 1. The topological polar surface area (TPSA) is 53.1 Å². The summed E-state index contributed by atoms with van der Waals surface area (Å²) in [5.41, 5.74) is 6.26. The summed E-state index contributed by atoms with van der Waals surface area (Å²) in [6.07, 6.45) is 5.47. The maximum atomic E-state index is 5.72. The number of benzene rings is 1. The second-order valence-electron chi connectivity index (χ2n) is 3.54. The molecule has 17 heavy (non-hydrogen) atoms. The number of hydrogen-bond acceptors (Lipinski definition) is 4. The number of nitrogen functional groups attached to an aromatic ring is 1. The molecule has 2 rings (SSSR count). The molecular formula is C12H15N3OS. The maximum Gasteiger partial charge on any atom is 0.132 e. The van der Waals surface area contributed by atoms with Gasteiger partial charge in [-0.15, -0.1) is 11.8 Å². The number of nitrogens with two attached hydrogens (primary N) is 1. The van der Waals surface area contributed by atoms with Crippen molar-refractivity contribution < 1.29 is 4.74 Å². The lowest BCUT2D eigenvalue weighted by Crippen LogP contribution is -2.08. The van der Waals surface area contributed by atoms with Gasteiger partial charge < -0.3 is 10.5 Å². The van der Waals surface area contributed by atoms with Crippen molar-refractivity contribution in [1.29, 1.82) is 0 Å². The number of ether oxygens (including phenoxy) is 1. The van der Waals surface area contributed by atoms with Gasteiger partial charge in [-0.1, -0.05) is 12.1 Å². The standard InChI is InChI=1S/C12H15N3OS/c1-17-12-5-3-2-4-11(12)16-7-6-15-9-10(13)8-14-15/h2-5,8-9H,6-7,13H2,1H3. The molecule has 0 spiro atoms. The van der Waals surface area contributed by atoms with Crippen molar-refractivity contribution in [2.24, 2.45) is 0 Å². The van der Waals surface area contributed by atoms with E-state index in [2.05, 4.69) is 5.10 Å². The molecule has 1 aromatic carbocycles. The van der Waals surface area contributed by atoms with Crippen molar-refractivity contribution in [1.82, 2.24) is 9.78 Å². The Kier molecular flexibility index (Phi) is 3.93. The second kappa shape index (κ2) is 5.63. The molecule has 0 saturated carbocycles. The first-order valence-electron chi connectivity index (χ1n) is 5.33. The lowest BCUT2D eigenvalue weighted by atomic mass is 10.3. The van der Waals surface area contributed by atoms with Crippen molar-refractivity contribution in [2.45, 2.75) is 11.4 Å². The summed E-state index contributed by atoms with van der Waals surface area (Å²) in [6, 6.07) is 8.00. The lowest BCUT2D eigenvalue weighted by molar-refractivity contribution is 0.285. The molecule has 0 atom stereocenters. The van der Waals surface area contributed by atoms with Crippen molar-refractivity contribution in [3.8, 4) is 5.75 Å². The number of aromatic nitrogens is 2. The van der Waals surface area contributed by atoms with E-state index in [1.807, 2.05) is 30.5 Å². The molecule has 0 radical (unpaired) electrons. The van der Waals surface area contributed by atoms with E-state index < -0.39 is 0 Å². The first-order valence-corrected chi connectivity index (χ1v) is 6.56. The fourth-order valence-corrected chi connectivity index (χ4v) is 2.03. The zero-order chi connectivity index (χ0) is 12.1. The minimum atomic E-state index is 0.582. The van der Waals surface area contributed by atoms with Gasteiger partial charge in [-0.25, -0.2) is 0 Å². The summed E-state index contributed by atoms with van der Waals surface area (Å²) in [6.45, 7) is 1.28. The zero-order valence-electron chi connectivity index (χ0n) is 9.67. The summed E-state index contributed by atoms with van der Waals surface area (Å²) in [7, 11) is 0. The van der Waals surface area contributed by atoms with E-state index in [4.69, 9.17) is 10.5 Å². The highest BCUT2D eigenvalue weighted by atomic mass is 32.2. The van der Waals surface area contributed by atoms with Gasteiger partial charge in [0.25, 0.3) is 0 Å². The van der Waals surface area contributed by atoms with Gasteiger partial charge >= 0.3 is 0 Å². The Morgan fingerprint density at radius 1 is 1.41 bits per heavy atom. The molecule has 0 saturated heterocycles. The van der Waals surface area contributed by atoms with Gasteiger partial charge in [0.2, 0.25) is 0 Å². The minimum absolute atomic E-state index is 0.582. The summed E-state index contributed by atoms with van der Waals surface area (Å²) in [5, 5.41) is 4.10. The molecule has 0 bridgehead atoms. The smallest absolute Gasteiger partial charge is 0.132 e. The molecule has 0 aliphatic heterocycles. The molecule has 4 nitrogen and oxygen atoms in total. The molecule has 2 N–H and O–H groups in total. The molecule has 0 aliphatic carbocycles. The molecule has 5 heteroatoms. The predicted molar refractivity (Wildman–Crippen MR) is 70.4 cm³/mol. The largest absolute Gasteiger partial charge is 0.490 e. The van der Waals surface area contributed by atoms with Gasteiger partial charge in [0, 0.05) is 11.1 Å². The van der Waals surface area contributed by atoms with Crippen LogP contribution in [0.5, 0.6) is 5.75 Å². The average Bonchev–Trinajstić information content (AvgIpc) is 2.76. The van der Waals surface area contributed by atoms with Crippen molar-refractivity contribution >= 4 is 17.4 Å². The van der Waals surface area contributed by atoms with Crippen LogP contribution >= 0.6 is 11.8 Å². The van der Waals surface area contributed by atoms with Crippen LogP contribution in [-0.2, 0) is 6.54 Å². The molecular weight excluding hydrogens is 234 g/mol. The van der Waals surface area contributed by atoms with Gasteiger partial charge in [-0.2, -0.15) is 5.10 Å². The van der Waals surface area contributed by atoms with Crippen LogP contribution in [0.4, 0.5) is 5.69 Å². The monoisotopic (exact) mass is 249 g/mol. The highest BCUT2D eigenvalue weighted by molar-refractivity contribution is 7.98. The quantitative estimate of drug-likeness (QED) is 0.826. The number of thioether (sulfide) groups is 1. The minimum Gasteiger partial charge on any atom is -0.490 e. The third kappa shape index (κ3) is 3.17. The molecule has 2 aromatic rings. The number of hydrogen-bond donors (Lipinski definition) is 1. The van der Waals surface area contributed by atoms with Crippen LogP contribution in [0.15, 0.2) is 41.6 Å². The molecule has 0 aliphatic rings. The summed E-state index contributed by atoms with van der Waals surface area (Å²) >= 11 is 1.68. The van der Waals surface area contributed by atoms with Crippen LogP contribution in [0.1, 0.15) is 0 Å². The molecule has 0 fully saturated rings. The van der Waals surface area contributed by atoms with Gasteiger partial charge in [-0.05, 0) is 18.4 Å². The Labute approximate surface area is 105 Å². The van der Waals surface area contributed by atoms with E-state index in [0.717, 1.165) is 10.6 Å². The molecule has 0 unspecified atom stereocenters. The van der Waals surface area contributed by atoms with Crippen LogP contribution in [0, 0.1) is 0 Å². The first kappa shape index (κ1) is 11.9. The molecule has 0 amide bonds. The predicted octanol–water partition coefficient (Wildman–Crippen LogP) is 2.27. The van der Waals surface area contributed by atoms with Crippen LogP contribution in [-0.4, -0.2) is 22.6 Å². The Hall–Kier alpha value is -1.62. The number of rotatable bonds is 5. The maximum absolute atomic E-state index is 5.72. The van der Waals surface area contributed by atoms with Gasteiger partial charge in [0.1, 0.15) is 12.4 Å². The van der Waals surface area contributed by atoms with E-state index in [1.54, 1.807) is 28.8 Å². The van der Waals surface area contributed by atoms with Crippen LogP contribution in [0.3, 0.4) is 0 Å². The fraction of sp³-hybridized carbons (Fsp3) is 0.250. The van der Waals surface area contributed by atoms with Crippen molar-refractivity contribution in [3.05, 3.63) is 36.7 Å². The molecule has 1 aromatic heterocycles. The Bertz CT molecular complexity index is 484. The SMILES string of the molecule is CSc1ccccc1OCCn1cc(N)cn1. The Morgan fingerprint density at radius 2 is 2.24 bits per heavy atom. The third-order valence-corrected chi connectivity index (χ3v) is 3.08. The summed E-state index contributed by atoms with van der Waals surface area (Å²) in [5.74, 6) is 0.917. The highest BCUT2D eigenvalue weighted by Gasteiger charge is 2.01. The van der Waals surface area contributed by atoms with Gasteiger partial charge in [0.15, 0.2) is 0 Å². The Balaban J connectivity index is 1.89. The van der Waals surface area contributed by atoms with E-state index in [0.29, 0.717) is 18.8 Å². The third-order valence-electron chi connectivity index (χ3n) is 2.30.